The quantitative estimate of drug-likeness (QED) is 0.893. The molecule has 2 aliphatic rings. The summed E-state index contributed by atoms with van der Waals surface area (Å²) in [7, 11) is 0. The average Bonchev–Trinajstić information content (AvgIpc) is 2.80. The van der Waals surface area contributed by atoms with Crippen molar-refractivity contribution in [3.05, 3.63) is 29.8 Å². The highest BCUT2D eigenvalue weighted by Gasteiger charge is 2.28. The average molecular weight is 273 g/mol. The molecule has 0 spiro atoms. The van der Waals surface area contributed by atoms with Gasteiger partial charge in [0.05, 0.1) is 0 Å². The predicted octanol–water partition coefficient (Wildman–Crippen LogP) is 2.44. The minimum Gasteiger partial charge on any atom is -0.380 e. The highest BCUT2D eigenvalue weighted by molar-refractivity contribution is 5.56. The molecular formula is C17H27N3. The first-order chi connectivity index (χ1) is 9.52. The van der Waals surface area contributed by atoms with Crippen LogP contribution in [0.15, 0.2) is 24.3 Å². The Hall–Kier alpha value is -1.06. The van der Waals surface area contributed by atoms with Crippen LogP contribution in [0.3, 0.4) is 0 Å². The lowest BCUT2D eigenvalue weighted by Crippen LogP contribution is -2.54. The standard InChI is InChI=1S/C17H27N3/c1-17(2,3)20-10-8-19(9-11-20)13-15-12-14-6-4-5-7-16(14)18-15/h4-7,15,18H,8-13H2,1-3H3. The van der Waals surface area contributed by atoms with Crippen molar-refractivity contribution in [3.63, 3.8) is 0 Å². The molecule has 2 aliphatic heterocycles. The summed E-state index contributed by atoms with van der Waals surface area (Å²) in [6.45, 7) is 12.9. The number of hydrogen-bond acceptors (Lipinski definition) is 3. The van der Waals surface area contributed by atoms with E-state index in [1.807, 2.05) is 0 Å². The van der Waals surface area contributed by atoms with Crippen molar-refractivity contribution in [2.45, 2.75) is 38.8 Å². The summed E-state index contributed by atoms with van der Waals surface area (Å²) >= 11 is 0. The molecule has 0 saturated carbocycles. The molecule has 0 bridgehead atoms. The number of anilines is 1. The van der Waals surface area contributed by atoms with Gasteiger partial charge in [0.1, 0.15) is 0 Å². The minimum absolute atomic E-state index is 0.313. The van der Waals surface area contributed by atoms with Gasteiger partial charge in [-0.3, -0.25) is 9.80 Å². The Kier molecular flexibility index (Phi) is 3.74. The van der Waals surface area contributed by atoms with Crippen LogP contribution >= 0.6 is 0 Å². The number of hydrogen-bond donors (Lipinski definition) is 1. The predicted molar refractivity (Wildman–Crippen MR) is 85.3 cm³/mol. The van der Waals surface area contributed by atoms with Gasteiger partial charge < -0.3 is 5.32 Å². The van der Waals surface area contributed by atoms with Crippen LogP contribution in [0.2, 0.25) is 0 Å². The number of para-hydroxylation sites is 1. The lowest BCUT2D eigenvalue weighted by atomic mass is 10.0. The van der Waals surface area contributed by atoms with Crippen LogP contribution in [0.25, 0.3) is 0 Å². The summed E-state index contributed by atoms with van der Waals surface area (Å²) in [5, 5.41) is 3.67. The summed E-state index contributed by atoms with van der Waals surface area (Å²) in [6.07, 6.45) is 1.18. The van der Waals surface area contributed by atoms with E-state index in [2.05, 4.69) is 60.2 Å². The second-order valence-electron chi connectivity index (χ2n) is 7.16. The van der Waals surface area contributed by atoms with E-state index < -0.39 is 0 Å². The Morgan fingerprint density at radius 3 is 2.45 bits per heavy atom. The van der Waals surface area contributed by atoms with Crippen molar-refractivity contribution in [3.8, 4) is 0 Å². The lowest BCUT2D eigenvalue weighted by molar-refractivity contribution is 0.0609. The Bertz CT molecular complexity index is 431. The maximum atomic E-state index is 3.67. The van der Waals surface area contributed by atoms with E-state index in [1.165, 1.54) is 50.4 Å². The molecule has 3 heteroatoms. The van der Waals surface area contributed by atoms with Crippen molar-refractivity contribution in [2.75, 3.05) is 38.0 Å². The SMILES string of the molecule is CC(C)(C)N1CCN(CC2Cc3ccccc3N2)CC1. The maximum Gasteiger partial charge on any atom is 0.0429 e. The number of piperazine rings is 1. The molecule has 0 radical (unpaired) electrons. The molecule has 1 atom stereocenters. The van der Waals surface area contributed by atoms with Crippen molar-refractivity contribution in [1.29, 1.82) is 0 Å². The van der Waals surface area contributed by atoms with Crippen molar-refractivity contribution in [1.82, 2.24) is 9.80 Å². The number of nitrogens with zero attached hydrogens (tertiary/aromatic N) is 2. The fourth-order valence-electron chi connectivity index (χ4n) is 3.40. The van der Waals surface area contributed by atoms with E-state index in [0.717, 1.165) is 0 Å². The molecule has 110 valence electrons. The van der Waals surface area contributed by atoms with E-state index >= 15 is 0 Å². The third kappa shape index (κ3) is 2.99. The van der Waals surface area contributed by atoms with Gasteiger partial charge in [-0.05, 0) is 38.8 Å². The first kappa shape index (κ1) is 13.9. The monoisotopic (exact) mass is 273 g/mol. The van der Waals surface area contributed by atoms with Gasteiger partial charge in [0.15, 0.2) is 0 Å². The largest absolute Gasteiger partial charge is 0.380 e. The van der Waals surface area contributed by atoms with Gasteiger partial charge in [-0.15, -0.1) is 0 Å². The van der Waals surface area contributed by atoms with Gasteiger partial charge >= 0.3 is 0 Å². The number of benzene rings is 1. The van der Waals surface area contributed by atoms with Crippen molar-refractivity contribution >= 4 is 5.69 Å². The Balaban J connectivity index is 1.50. The maximum absolute atomic E-state index is 3.67. The van der Waals surface area contributed by atoms with Crippen LogP contribution in [0.5, 0.6) is 0 Å². The van der Waals surface area contributed by atoms with Crippen molar-refractivity contribution in [2.24, 2.45) is 0 Å². The Labute approximate surface area is 123 Å². The molecule has 0 aliphatic carbocycles. The van der Waals surface area contributed by atoms with Crippen LogP contribution in [0.4, 0.5) is 5.69 Å². The molecule has 1 unspecified atom stereocenters. The van der Waals surface area contributed by atoms with Crippen molar-refractivity contribution < 1.29 is 0 Å². The molecular weight excluding hydrogens is 246 g/mol. The first-order valence-corrected chi connectivity index (χ1v) is 7.84. The molecule has 1 N–H and O–H groups in total. The zero-order valence-corrected chi connectivity index (χ0v) is 13.0. The van der Waals surface area contributed by atoms with Gasteiger partial charge in [0.2, 0.25) is 0 Å². The second-order valence-corrected chi connectivity index (χ2v) is 7.16. The topological polar surface area (TPSA) is 18.5 Å². The minimum atomic E-state index is 0.313. The smallest absolute Gasteiger partial charge is 0.0429 e. The molecule has 1 fully saturated rings. The summed E-state index contributed by atoms with van der Waals surface area (Å²) in [5.41, 5.74) is 3.13. The third-order valence-corrected chi connectivity index (χ3v) is 4.64. The van der Waals surface area contributed by atoms with Crippen LogP contribution in [-0.2, 0) is 6.42 Å². The third-order valence-electron chi connectivity index (χ3n) is 4.64. The number of rotatable bonds is 2. The molecule has 1 aromatic rings. The fourth-order valence-corrected chi connectivity index (χ4v) is 3.40. The Morgan fingerprint density at radius 1 is 1.10 bits per heavy atom. The zero-order chi connectivity index (χ0) is 14.2. The zero-order valence-electron chi connectivity index (χ0n) is 13.0. The molecule has 0 aromatic heterocycles. The molecule has 2 heterocycles. The molecule has 1 saturated heterocycles. The summed E-state index contributed by atoms with van der Waals surface area (Å²) in [6, 6.07) is 9.31. The van der Waals surface area contributed by atoms with Crippen LogP contribution < -0.4 is 5.32 Å². The van der Waals surface area contributed by atoms with E-state index in [-0.39, 0.29) is 0 Å². The van der Waals surface area contributed by atoms with Gasteiger partial charge in [-0.1, -0.05) is 18.2 Å². The number of nitrogens with one attached hydrogen (secondary N) is 1. The van der Waals surface area contributed by atoms with E-state index in [0.29, 0.717) is 11.6 Å². The van der Waals surface area contributed by atoms with Crippen LogP contribution in [0.1, 0.15) is 26.3 Å². The van der Waals surface area contributed by atoms with Gasteiger partial charge in [-0.2, -0.15) is 0 Å². The van der Waals surface area contributed by atoms with Gasteiger partial charge in [0, 0.05) is 50.0 Å². The molecule has 3 nitrogen and oxygen atoms in total. The number of fused-ring (bicyclic) bond motifs is 1. The van der Waals surface area contributed by atoms with Gasteiger partial charge in [0.25, 0.3) is 0 Å². The van der Waals surface area contributed by atoms with Crippen LogP contribution in [0, 0.1) is 0 Å². The highest BCUT2D eigenvalue weighted by Crippen LogP contribution is 2.26. The molecule has 0 amide bonds. The summed E-state index contributed by atoms with van der Waals surface area (Å²) < 4.78 is 0. The highest BCUT2D eigenvalue weighted by atomic mass is 15.3. The van der Waals surface area contributed by atoms with Gasteiger partial charge in [-0.25, -0.2) is 0 Å². The first-order valence-electron chi connectivity index (χ1n) is 7.84. The fraction of sp³-hybridized carbons (Fsp3) is 0.647. The molecule has 1 aromatic carbocycles. The summed E-state index contributed by atoms with van der Waals surface area (Å²) in [5.74, 6) is 0. The lowest BCUT2D eigenvalue weighted by Gasteiger charge is -2.42. The molecule has 20 heavy (non-hydrogen) atoms. The second kappa shape index (κ2) is 5.38. The van der Waals surface area contributed by atoms with E-state index in [1.54, 1.807) is 0 Å². The normalized spacial score (nSPS) is 24.4. The van der Waals surface area contributed by atoms with E-state index in [4.69, 9.17) is 0 Å². The summed E-state index contributed by atoms with van der Waals surface area (Å²) in [4.78, 5) is 5.21. The molecule has 3 rings (SSSR count). The van der Waals surface area contributed by atoms with E-state index in [9.17, 15) is 0 Å². The van der Waals surface area contributed by atoms with Crippen LogP contribution in [-0.4, -0.2) is 54.1 Å². The Morgan fingerprint density at radius 2 is 1.80 bits per heavy atom.